The van der Waals surface area contributed by atoms with Gasteiger partial charge in [-0.1, -0.05) is 44.0 Å². The molecule has 0 saturated heterocycles. The molecule has 7 heteroatoms. The van der Waals surface area contributed by atoms with Gasteiger partial charge in [0.1, 0.15) is 6.42 Å². The van der Waals surface area contributed by atoms with Gasteiger partial charge in [0.2, 0.25) is 11.6 Å². The van der Waals surface area contributed by atoms with Gasteiger partial charge in [0.25, 0.3) is 5.92 Å². The molecule has 33 heavy (non-hydrogen) atoms. The predicted molar refractivity (Wildman–Crippen MR) is 118 cm³/mol. The Morgan fingerprint density at radius 1 is 0.939 bits per heavy atom. The third-order valence-corrected chi connectivity index (χ3v) is 6.25. The standard InChI is InChI=1S/C26H30F4O3/c1-3-5-17-6-8-18(9-7-17)19-10-12-20(13-11-19)26(29,30)16-23(31)33-22-15-14-21(32-4-2)24(27)25(22)28/h10-15,17-18H,3-9,16H2,1-2H3/t17-,18-. The molecule has 1 fully saturated rings. The number of benzene rings is 2. The van der Waals surface area contributed by atoms with Crippen LogP contribution < -0.4 is 9.47 Å². The molecule has 0 radical (unpaired) electrons. The average molecular weight is 467 g/mol. The van der Waals surface area contributed by atoms with Crippen molar-refractivity contribution in [2.45, 2.75) is 70.6 Å². The van der Waals surface area contributed by atoms with Gasteiger partial charge in [0.15, 0.2) is 11.5 Å². The molecule has 0 bridgehead atoms. The van der Waals surface area contributed by atoms with Crippen LogP contribution in [0.3, 0.4) is 0 Å². The van der Waals surface area contributed by atoms with Crippen LogP contribution in [-0.2, 0) is 10.7 Å². The molecule has 0 atom stereocenters. The predicted octanol–water partition coefficient (Wildman–Crippen LogP) is 7.52. The highest BCUT2D eigenvalue weighted by Crippen LogP contribution is 2.39. The summed E-state index contributed by atoms with van der Waals surface area (Å²) in [6.45, 7) is 3.90. The molecular formula is C26H30F4O3. The van der Waals surface area contributed by atoms with Crippen LogP contribution >= 0.6 is 0 Å². The lowest BCUT2D eigenvalue weighted by molar-refractivity contribution is -0.143. The first-order valence-electron chi connectivity index (χ1n) is 11.5. The van der Waals surface area contributed by atoms with Gasteiger partial charge in [0.05, 0.1) is 6.61 Å². The van der Waals surface area contributed by atoms with E-state index in [1.807, 2.05) is 0 Å². The minimum Gasteiger partial charge on any atom is -0.491 e. The lowest BCUT2D eigenvalue weighted by atomic mass is 9.77. The minimum absolute atomic E-state index is 0.112. The Kier molecular flexibility index (Phi) is 8.38. The van der Waals surface area contributed by atoms with Gasteiger partial charge >= 0.3 is 5.97 Å². The van der Waals surface area contributed by atoms with Gasteiger partial charge in [-0.25, -0.2) is 8.78 Å². The molecule has 0 amide bonds. The number of esters is 1. The van der Waals surface area contributed by atoms with Gasteiger partial charge in [-0.05, 0) is 62.1 Å². The molecule has 3 nitrogen and oxygen atoms in total. The van der Waals surface area contributed by atoms with Crippen molar-refractivity contribution in [3.05, 3.63) is 59.2 Å². The fourth-order valence-electron chi connectivity index (χ4n) is 4.49. The number of alkyl halides is 2. The van der Waals surface area contributed by atoms with E-state index in [9.17, 15) is 22.4 Å². The van der Waals surface area contributed by atoms with Crippen molar-refractivity contribution in [2.75, 3.05) is 6.61 Å². The average Bonchev–Trinajstić information content (AvgIpc) is 2.79. The van der Waals surface area contributed by atoms with E-state index in [0.29, 0.717) is 5.92 Å². The summed E-state index contributed by atoms with van der Waals surface area (Å²) in [5, 5.41) is 0. The summed E-state index contributed by atoms with van der Waals surface area (Å²) in [6.07, 6.45) is 5.55. The molecule has 0 unspecified atom stereocenters. The molecule has 1 saturated carbocycles. The molecule has 0 N–H and O–H groups in total. The number of halogens is 4. The van der Waals surface area contributed by atoms with Crippen LogP contribution in [-0.4, -0.2) is 12.6 Å². The van der Waals surface area contributed by atoms with Crippen molar-refractivity contribution >= 4 is 5.97 Å². The molecular weight excluding hydrogens is 436 g/mol. The lowest BCUT2D eigenvalue weighted by Crippen LogP contribution is -2.22. The summed E-state index contributed by atoms with van der Waals surface area (Å²) in [5.41, 5.74) is 0.709. The lowest BCUT2D eigenvalue weighted by Gasteiger charge is -2.29. The highest BCUT2D eigenvalue weighted by atomic mass is 19.3. The van der Waals surface area contributed by atoms with Crippen molar-refractivity contribution < 1.29 is 31.8 Å². The molecule has 0 aliphatic heterocycles. The fourth-order valence-corrected chi connectivity index (χ4v) is 4.49. The van der Waals surface area contributed by atoms with Gasteiger partial charge in [0, 0.05) is 5.56 Å². The Labute approximate surface area is 192 Å². The topological polar surface area (TPSA) is 35.5 Å². The van der Waals surface area contributed by atoms with Crippen LogP contribution in [0.1, 0.15) is 75.8 Å². The van der Waals surface area contributed by atoms with E-state index in [-0.39, 0.29) is 17.9 Å². The largest absolute Gasteiger partial charge is 0.491 e. The molecule has 3 rings (SSSR count). The van der Waals surface area contributed by atoms with Gasteiger partial charge in [-0.3, -0.25) is 4.79 Å². The molecule has 1 aliphatic carbocycles. The molecule has 0 spiro atoms. The van der Waals surface area contributed by atoms with E-state index in [0.717, 1.165) is 49.3 Å². The van der Waals surface area contributed by atoms with Gasteiger partial charge < -0.3 is 9.47 Å². The van der Waals surface area contributed by atoms with E-state index >= 15 is 0 Å². The number of carbonyl (C=O) groups is 1. The van der Waals surface area contributed by atoms with Crippen LogP contribution in [0.5, 0.6) is 11.5 Å². The van der Waals surface area contributed by atoms with E-state index < -0.39 is 35.7 Å². The second-order valence-corrected chi connectivity index (χ2v) is 8.61. The zero-order valence-corrected chi connectivity index (χ0v) is 19.0. The second kappa shape index (κ2) is 11.0. The fraction of sp³-hybridized carbons (Fsp3) is 0.500. The van der Waals surface area contributed by atoms with Crippen LogP contribution in [0.4, 0.5) is 17.6 Å². The van der Waals surface area contributed by atoms with Crippen LogP contribution in [0.15, 0.2) is 36.4 Å². The maximum Gasteiger partial charge on any atom is 0.317 e. The number of carbonyl (C=O) groups excluding carboxylic acids is 1. The summed E-state index contributed by atoms with van der Waals surface area (Å²) >= 11 is 0. The molecule has 2 aromatic rings. The van der Waals surface area contributed by atoms with Gasteiger partial charge in [-0.2, -0.15) is 8.78 Å². The molecule has 0 heterocycles. The summed E-state index contributed by atoms with van der Waals surface area (Å²) in [5.74, 6) is -7.65. The Balaban J connectivity index is 1.61. The third kappa shape index (κ3) is 6.27. The van der Waals surface area contributed by atoms with Gasteiger partial charge in [-0.15, -0.1) is 0 Å². The maximum atomic E-state index is 14.7. The third-order valence-electron chi connectivity index (χ3n) is 6.25. The van der Waals surface area contributed by atoms with E-state index in [1.54, 1.807) is 19.1 Å². The SMILES string of the molecule is CCC[C@H]1CC[C@H](c2ccc(C(F)(F)CC(=O)Oc3ccc(OCC)c(F)c3F)cc2)CC1. The summed E-state index contributed by atoms with van der Waals surface area (Å²) < 4.78 is 66.9. The first-order chi connectivity index (χ1) is 15.7. The van der Waals surface area contributed by atoms with Crippen LogP contribution in [0.2, 0.25) is 0 Å². The van der Waals surface area contributed by atoms with Crippen molar-refractivity contribution in [2.24, 2.45) is 5.92 Å². The zero-order chi connectivity index (χ0) is 24.0. The summed E-state index contributed by atoms with van der Waals surface area (Å²) in [4.78, 5) is 12.1. The monoisotopic (exact) mass is 466 g/mol. The highest BCUT2D eigenvalue weighted by Gasteiger charge is 2.36. The van der Waals surface area contributed by atoms with E-state index in [4.69, 9.17) is 4.74 Å². The highest BCUT2D eigenvalue weighted by molar-refractivity contribution is 5.73. The Morgan fingerprint density at radius 2 is 1.55 bits per heavy atom. The van der Waals surface area contributed by atoms with Crippen molar-refractivity contribution in [1.82, 2.24) is 0 Å². The Morgan fingerprint density at radius 3 is 2.15 bits per heavy atom. The number of rotatable bonds is 9. The Hall–Kier alpha value is -2.57. The number of ether oxygens (including phenoxy) is 2. The number of hydrogen-bond donors (Lipinski definition) is 0. The second-order valence-electron chi connectivity index (χ2n) is 8.61. The molecule has 2 aromatic carbocycles. The van der Waals surface area contributed by atoms with E-state index in [2.05, 4.69) is 11.7 Å². The van der Waals surface area contributed by atoms with Crippen molar-refractivity contribution in [3.8, 4) is 11.5 Å². The van der Waals surface area contributed by atoms with Crippen LogP contribution in [0, 0.1) is 17.6 Å². The van der Waals surface area contributed by atoms with Crippen LogP contribution in [0.25, 0.3) is 0 Å². The summed E-state index contributed by atoms with van der Waals surface area (Å²) in [7, 11) is 0. The first-order valence-corrected chi connectivity index (χ1v) is 11.5. The van der Waals surface area contributed by atoms with Crippen molar-refractivity contribution in [1.29, 1.82) is 0 Å². The normalized spacial score (nSPS) is 18.7. The molecule has 0 aromatic heterocycles. The Bertz CT molecular complexity index is 935. The summed E-state index contributed by atoms with van der Waals surface area (Å²) in [6, 6.07) is 8.11. The minimum atomic E-state index is -3.51. The quantitative estimate of drug-likeness (QED) is 0.218. The first kappa shape index (κ1) is 25.1. The molecule has 1 aliphatic rings. The zero-order valence-electron chi connectivity index (χ0n) is 19.0. The maximum absolute atomic E-state index is 14.7. The molecule has 180 valence electrons. The van der Waals surface area contributed by atoms with E-state index in [1.165, 1.54) is 25.0 Å². The number of hydrogen-bond acceptors (Lipinski definition) is 3. The van der Waals surface area contributed by atoms with Crippen molar-refractivity contribution in [3.63, 3.8) is 0 Å². The smallest absolute Gasteiger partial charge is 0.317 e.